The maximum Gasteiger partial charge on any atom is 0.339 e. The number of aromatic amines is 1. The number of ether oxygens (including phenoxy) is 1. The maximum atomic E-state index is 11.3. The van der Waals surface area contributed by atoms with Crippen molar-refractivity contribution in [2.75, 3.05) is 12.8 Å². The quantitative estimate of drug-likeness (QED) is 0.238. The maximum absolute atomic E-state index is 11.3. The van der Waals surface area contributed by atoms with Crippen molar-refractivity contribution in [3.8, 4) is 0 Å². The van der Waals surface area contributed by atoms with E-state index < -0.39 is 5.97 Å². The number of halogens is 4. The summed E-state index contributed by atoms with van der Waals surface area (Å²) in [4.78, 5) is 29.0. The van der Waals surface area contributed by atoms with Gasteiger partial charge in [0, 0.05) is 12.8 Å². The first-order valence-corrected chi connectivity index (χ1v) is 9.81. The van der Waals surface area contributed by atoms with Crippen LogP contribution in [0, 0.1) is 7.14 Å². The van der Waals surface area contributed by atoms with Crippen LogP contribution in [0.15, 0.2) is 35.4 Å². The van der Waals surface area contributed by atoms with Crippen LogP contribution in [-0.4, -0.2) is 23.0 Å². The monoisotopic (exact) mass is 617 g/mol. The Balaban J connectivity index is 0.000000187. The summed E-state index contributed by atoms with van der Waals surface area (Å²) in [6.45, 7) is 0. The van der Waals surface area contributed by atoms with Gasteiger partial charge in [0.2, 0.25) is 0 Å². The molecule has 3 N–H and O–H groups in total. The Morgan fingerprint density at radius 3 is 2.42 bits per heavy atom. The van der Waals surface area contributed by atoms with Crippen LogP contribution in [-0.2, 0) is 4.74 Å². The molecule has 0 amide bonds. The van der Waals surface area contributed by atoms with E-state index in [0.29, 0.717) is 32.2 Å². The van der Waals surface area contributed by atoms with Gasteiger partial charge >= 0.3 is 5.97 Å². The van der Waals surface area contributed by atoms with E-state index in [-0.39, 0.29) is 5.56 Å². The predicted octanol–water partition coefficient (Wildman–Crippen LogP) is 4.49. The van der Waals surface area contributed by atoms with E-state index in [0.717, 1.165) is 7.14 Å². The average Bonchev–Trinajstić information content (AvgIpc) is 2.60. The Kier molecular flexibility index (Phi) is 7.50. The van der Waals surface area contributed by atoms with Gasteiger partial charge in [-0.1, -0.05) is 23.2 Å². The SMILES string of the molecule is COC(=O)c1cc(I)c(Cl)cc1N.O=c1[nH]cnc2cc(Cl)c(I)cc12. The van der Waals surface area contributed by atoms with Crippen molar-refractivity contribution in [2.24, 2.45) is 0 Å². The van der Waals surface area contributed by atoms with Crippen LogP contribution >= 0.6 is 68.4 Å². The van der Waals surface area contributed by atoms with Gasteiger partial charge in [-0.2, -0.15) is 0 Å². The van der Waals surface area contributed by atoms with E-state index in [2.05, 4.69) is 37.3 Å². The summed E-state index contributed by atoms with van der Waals surface area (Å²) in [6.07, 6.45) is 1.37. The van der Waals surface area contributed by atoms with Gasteiger partial charge in [0.05, 0.1) is 39.9 Å². The Morgan fingerprint density at radius 2 is 1.77 bits per heavy atom. The van der Waals surface area contributed by atoms with E-state index >= 15 is 0 Å². The minimum atomic E-state index is -0.452. The van der Waals surface area contributed by atoms with E-state index in [1.807, 2.05) is 22.6 Å². The summed E-state index contributed by atoms with van der Waals surface area (Å²) in [5, 5.41) is 1.72. The molecule has 0 saturated heterocycles. The molecule has 0 radical (unpaired) electrons. The first kappa shape index (κ1) is 21.2. The van der Waals surface area contributed by atoms with Crippen molar-refractivity contribution in [2.45, 2.75) is 0 Å². The van der Waals surface area contributed by atoms with Crippen LogP contribution in [0.5, 0.6) is 0 Å². The largest absolute Gasteiger partial charge is 0.465 e. The molecule has 0 saturated carbocycles. The first-order chi connectivity index (χ1) is 12.2. The van der Waals surface area contributed by atoms with Gasteiger partial charge in [-0.15, -0.1) is 0 Å². The number of rotatable bonds is 1. The molecule has 0 spiro atoms. The number of benzene rings is 2. The van der Waals surface area contributed by atoms with E-state index in [4.69, 9.17) is 28.9 Å². The van der Waals surface area contributed by atoms with Crippen LogP contribution in [0.25, 0.3) is 10.9 Å². The Labute approximate surface area is 185 Å². The minimum absolute atomic E-state index is 0.139. The fourth-order valence-corrected chi connectivity index (χ4v) is 3.18. The molecule has 0 bridgehead atoms. The van der Waals surface area contributed by atoms with Gasteiger partial charge in [0.25, 0.3) is 5.56 Å². The molecule has 0 unspecified atom stereocenters. The highest BCUT2D eigenvalue weighted by molar-refractivity contribution is 14.1. The Hall–Kier alpha value is -1.11. The molecular formula is C16H11Cl2I2N3O3. The Morgan fingerprint density at radius 1 is 1.15 bits per heavy atom. The van der Waals surface area contributed by atoms with Gasteiger partial charge < -0.3 is 15.5 Å². The van der Waals surface area contributed by atoms with Crippen molar-refractivity contribution in [3.05, 3.63) is 63.7 Å². The molecule has 6 nitrogen and oxygen atoms in total. The molecule has 0 aliphatic carbocycles. The molecule has 3 aromatic rings. The molecule has 0 fully saturated rings. The molecular weight excluding hydrogens is 607 g/mol. The number of esters is 1. The highest BCUT2D eigenvalue weighted by atomic mass is 127. The number of carbonyl (C=O) groups excluding carboxylic acids is 1. The molecule has 1 aromatic heterocycles. The van der Waals surface area contributed by atoms with Gasteiger partial charge in [-0.05, 0) is 69.4 Å². The summed E-state index contributed by atoms with van der Waals surface area (Å²) in [7, 11) is 1.31. The lowest BCUT2D eigenvalue weighted by Gasteiger charge is -2.05. The number of nitrogen functional groups attached to an aromatic ring is 1. The number of fused-ring (bicyclic) bond motifs is 1. The second-order valence-corrected chi connectivity index (χ2v) is 8.00. The number of hydrogen-bond acceptors (Lipinski definition) is 5. The standard InChI is InChI=1S/C8H4ClIN2O.C8H7ClINO2/c9-5-2-7-4(1-6(5)10)8(13)12-3-11-7;1-13-8(12)4-2-6(10)5(9)3-7(4)11/h1-3H,(H,11,12,13);2-3H,11H2,1H3. The lowest BCUT2D eigenvalue weighted by Crippen LogP contribution is -2.06. The summed E-state index contributed by atoms with van der Waals surface area (Å²) < 4.78 is 6.17. The summed E-state index contributed by atoms with van der Waals surface area (Å²) >= 11 is 15.8. The van der Waals surface area contributed by atoms with Crippen LogP contribution in [0.1, 0.15) is 10.4 Å². The average molecular weight is 618 g/mol. The smallest absolute Gasteiger partial charge is 0.339 e. The zero-order valence-corrected chi connectivity index (χ0v) is 19.0. The Bertz CT molecular complexity index is 1040. The summed E-state index contributed by atoms with van der Waals surface area (Å²) in [5.41, 5.74) is 6.73. The number of H-pyrrole nitrogens is 1. The third-order valence-electron chi connectivity index (χ3n) is 3.18. The normalized spacial score (nSPS) is 10.2. The van der Waals surface area contributed by atoms with Gasteiger partial charge in [-0.25, -0.2) is 9.78 Å². The molecule has 0 aliphatic heterocycles. The molecule has 136 valence electrons. The number of nitrogens with one attached hydrogen (secondary N) is 1. The number of anilines is 1. The molecule has 10 heteroatoms. The number of nitrogens with two attached hydrogens (primary N) is 1. The van der Waals surface area contributed by atoms with Gasteiger partial charge in [0.1, 0.15) is 0 Å². The first-order valence-electron chi connectivity index (χ1n) is 6.90. The van der Waals surface area contributed by atoms with Crippen molar-refractivity contribution < 1.29 is 9.53 Å². The van der Waals surface area contributed by atoms with Gasteiger partial charge in [0.15, 0.2) is 0 Å². The van der Waals surface area contributed by atoms with Crippen molar-refractivity contribution in [1.29, 1.82) is 0 Å². The second kappa shape index (κ2) is 9.20. The lowest BCUT2D eigenvalue weighted by atomic mass is 10.2. The number of carbonyl (C=O) groups is 1. The third-order valence-corrected chi connectivity index (χ3v) is 6.23. The van der Waals surface area contributed by atoms with Crippen molar-refractivity contribution in [1.82, 2.24) is 9.97 Å². The number of nitrogens with zero attached hydrogens (tertiary/aromatic N) is 1. The lowest BCUT2D eigenvalue weighted by molar-refractivity contribution is 0.0602. The highest BCUT2D eigenvalue weighted by Crippen LogP contribution is 2.25. The number of methoxy groups -OCH3 is 1. The second-order valence-electron chi connectivity index (χ2n) is 4.86. The molecule has 26 heavy (non-hydrogen) atoms. The molecule has 2 aromatic carbocycles. The van der Waals surface area contributed by atoms with Crippen LogP contribution in [0.3, 0.4) is 0 Å². The van der Waals surface area contributed by atoms with Crippen LogP contribution in [0.2, 0.25) is 10.0 Å². The fraction of sp³-hybridized carbons (Fsp3) is 0.0625. The van der Waals surface area contributed by atoms with Crippen LogP contribution in [0.4, 0.5) is 5.69 Å². The van der Waals surface area contributed by atoms with Gasteiger partial charge in [-0.3, -0.25) is 4.79 Å². The molecule has 3 rings (SSSR count). The molecule has 0 atom stereocenters. The molecule has 1 heterocycles. The predicted molar refractivity (Wildman–Crippen MR) is 120 cm³/mol. The number of aromatic nitrogens is 2. The zero-order chi connectivity index (χ0) is 19.4. The minimum Gasteiger partial charge on any atom is -0.465 e. The fourth-order valence-electron chi connectivity index (χ4n) is 1.91. The third kappa shape index (κ3) is 4.99. The molecule has 0 aliphatic rings. The van der Waals surface area contributed by atoms with Crippen molar-refractivity contribution in [3.63, 3.8) is 0 Å². The van der Waals surface area contributed by atoms with E-state index in [9.17, 15) is 9.59 Å². The summed E-state index contributed by atoms with van der Waals surface area (Å²) in [5.74, 6) is -0.452. The topological polar surface area (TPSA) is 98.1 Å². The van der Waals surface area contributed by atoms with E-state index in [1.165, 1.54) is 19.5 Å². The van der Waals surface area contributed by atoms with Crippen molar-refractivity contribution >= 4 is 90.9 Å². The van der Waals surface area contributed by atoms with E-state index in [1.54, 1.807) is 18.2 Å². The highest BCUT2D eigenvalue weighted by Gasteiger charge is 2.12. The number of hydrogen-bond donors (Lipinski definition) is 2. The zero-order valence-electron chi connectivity index (χ0n) is 13.1. The van der Waals surface area contributed by atoms with Crippen LogP contribution < -0.4 is 11.3 Å². The summed E-state index contributed by atoms with van der Waals surface area (Å²) in [6, 6.07) is 6.55.